The maximum Gasteiger partial charge on any atom is 0.193 e. The molecule has 8 aromatic carbocycles. The van der Waals surface area contributed by atoms with E-state index in [1.807, 2.05) is 182 Å². The van der Waals surface area contributed by atoms with Crippen molar-refractivity contribution in [2.24, 2.45) is 0 Å². The summed E-state index contributed by atoms with van der Waals surface area (Å²) in [5, 5.41) is 6.81. The summed E-state index contributed by atoms with van der Waals surface area (Å²) < 4.78 is 0. The summed E-state index contributed by atoms with van der Waals surface area (Å²) >= 11 is 0. The van der Waals surface area contributed by atoms with Crippen LogP contribution in [0.3, 0.4) is 0 Å². The highest BCUT2D eigenvalue weighted by atomic mass is 16.1. The summed E-state index contributed by atoms with van der Waals surface area (Å²) in [5.41, 5.74) is 11.5. The summed E-state index contributed by atoms with van der Waals surface area (Å²) in [4.78, 5) is 90.8. The molecule has 10 heterocycles. The molecule has 380 valence electrons. The maximum atomic E-state index is 15.2. The summed E-state index contributed by atoms with van der Waals surface area (Å²) in [5.74, 6) is 3.43. The van der Waals surface area contributed by atoms with Crippen LogP contribution in [0.1, 0.15) is 15.9 Å². The van der Waals surface area contributed by atoms with Gasteiger partial charge in [-0.25, -0.2) is 59.8 Å². The van der Waals surface area contributed by atoms with E-state index in [4.69, 9.17) is 59.8 Å². The molecule has 14 aromatic rings. The Balaban J connectivity index is 0.827. The number of rotatable bonds is 2. The average Bonchev–Trinajstić information content (AvgIpc) is 4.48. The van der Waals surface area contributed by atoms with E-state index < -0.39 is 0 Å². The molecule has 0 radical (unpaired) electrons. The lowest BCUT2D eigenvalue weighted by molar-refractivity contribution is 0.103. The minimum Gasteiger partial charge on any atom is -0.324 e. The Labute approximate surface area is 460 Å². The number of ketones is 1. The van der Waals surface area contributed by atoms with Crippen molar-refractivity contribution < 1.29 is 4.79 Å². The topological polar surface area (TPSA) is 235 Å². The van der Waals surface area contributed by atoms with Gasteiger partial charge in [-0.05, 0) is 24.3 Å². The lowest BCUT2D eigenvalue weighted by Crippen LogP contribution is -2.02. The third kappa shape index (κ3) is 6.58. The second-order valence-electron chi connectivity index (χ2n) is 20.3. The molecule has 4 N–H and O–H groups in total. The molecule has 17 nitrogen and oxygen atoms in total. The van der Waals surface area contributed by atoms with Crippen LogP contribution < -0.4 is 0 Å². The summed E-state index contributed by atoms with van der Waals surface area (Å²) in [6, 6.07) is 58.8. The van der Waals surface area contributed by atoms with Crippen molar-refractivity contribution >= 4 is 94.1 Å². The molecule has 0 spiro atoms. The van der Waals surface area contributed by atoms with Crippen molar-refractivity contribution in [2.75, 3.05) is 0 Å². The van der Waals surface area contributed by atoms with Gasteiger partial charge in [0, 0.05) is 98.7 Å². The molecule has 17 heteroatoms. The molecule has 4 aliphatic heterocycles. The van der Waals surface area contributed by atoms with Gasteiger partial charge in [0.1, 0.15) is 45.2 Å². The fourth-order valence-corrected chi connectivity index (χ4v) is 11.7. The van der Waals surface area contributed by atoms with Crippen molar-refractivity contribution in [3.63, 3.8) is 0 Å². The minimum absolute atomic E-state index is 0.236. The molecule has 0 saturated heterocycles. The lowest BCUT2D eigenvalue weighted by atomic mass is 9.96. The first-order valence-electron chi connectivity index (χ1n) is 26.5. The van der Waals surface area contributed by atoms with Gasteiger partial charge in [0.05, 0.1) is 0 Å². The van der Waals surface area contributed by atoms with Crippen LogP contribution >= 0.6 is 0 Å². The highest BCUT2D eigenvalue weighted by Gasteiger charge is 2.27. The van der Waals surface area contributed by atoms with E-state index in [9.17, 15) is 0 Å². The predicted octanol–water partition coefficient (Wildman–Crippen LogP) is 13.3. The summed E-state index contributed by atoms with van der Waals surface area (Å²) in [6.45, 7) is 0. The van der Waals surface area contributed by atoms with E-state index in [2.05, 4.69) is 19.9 Å². The van der Waals surface area contributed by atoms with Crippen LogP contribution in [-0.2, 0) is 0 Å². The molecule has 18 rings (SSSR count). The van der Waals surface area contributed by atoms with E-state index in [-0.39, 0.29) is 5.78 Å². The van der Waals surface area contributed by atoms with Gasteiger partial charge in [0.15, 0.2) is 52.4 Å². The zero-order valence-corrected chi connectivity index (χ0v) is 42.6. The fraction of sp³-hybridized carbons (Fsp3) is 0. The molecule has 4 aliphatic rings. The van der Waals surface area contributed by atoms with Gasteiger partial charge < -0.3 is 19.9 Å². The van der Waals surface area contributed by atoms with Crippen LogP contribution in [0.5, 0.6) is 0 Å². The quantitative estimate of drug-likeness (QED) is 0.118. The largest absolute Gasteiger partial charge is 0.324 e. The first kappa shape index (κ1) is 44.2. The molecule has 0 unspecified atom stereocenters. The Morgan fingerprint density at radius 1 is 0.220 bits per heavy atom. The van der Waals surface area contributed by atoms with E-state index in [1.165, 1.54) is 0 Å². The fourth-order valence-electron chi connectivity index (χ4n) is 11.7. The van der Waals surface area contributed by atoms with Crippen molar-refractivity contribution in [2.45, 2.75) is 0 Å². The molecule has 0 atom stereocenters. The number of hydrogen-bond acceptors (Lipinski definition) is 13. The Kier molecular flexibility index (Phi) is 8.93. The number of fused-ring (bicyclic) bond motifs is 40. The van der Waals surface area contributed by atoms with Gasteiger partial charge in [-0.15, -0.1) is 0 Å². The van der Waals surface area contributed by atoms with Gasteiger partial charge in [0.25, 0.3) is 0 Å². The van der Waals surface area contributed by atoms with Crippen LogP contribution in [0.2, 0.25) is 0 Å². The standard InChI is InChI=1S/C65H34N16O/c82-49(31-25-27-45-47(29-31)64-78-60-43-23-11-9-21-41(43)56(74-60)70-52-35-15-3-1-13-33(35)50(66-52)68-54-37-17-5-7-19-39(37)58(72-54)76-62(45)80-64)32-26-28-46-48(30-32)65-79-61-44-24-12-10-22-42(44)57(75-61)71-53-36-16-4-2-14-34(36)51(67-53)69-55-38-18-6-8-20-40(38)59(73-55)77-63(46)81-65/h1-30H,(H2,66,68,70,72,74,76,78,80)(H2,67,69,71,73,75,77,79,81). The normalized spacial score (nSPS) is 12.2. The SMILES string of the molecule is O=C(c1ccc2c(c1)-c1nc-2nc2[nH]c(nc3nc(nc4[nH]c(n1)c1ccccc41)-c1ccccc1-3)c1ccccc21)c1ccc2c(c1)-c1nc-2nc2[nH]c(nc3nc(nc4[nH]c(n1)c1ccccc41)-c1ccccc1-3)c1ccccc21. The van der Waals surface area contributed by atoms with Gasteiger partial charge in [-0.3, -0.25) is 4.79 Å². The zero-order valence-electron chi connectivity index (χ0n) is 42.6. The molecular formula is C65H34N16O. The van der Waals surface area contributed by atoms with Crippen LogP contribution in [0.15, 0.2) is 182 Å². The lowest BCUT2D eigenvalue weighted by Gasteiger charge is -2.07. The molecule has 0 saturated carbocycles. The summed E-state index contributed by atoms with van der Waals surface area (Å²) in [7, 11) is 0. The number of carbonyl (C=O) groups excluding carboxylic acids is 1. The number of benzene rings is 8. The second kappa shape index (κ2) is 16.6. The van der Waals surface area contributed by atoms with Crippen molar-refractivity contribution in [3.8, 4) is 91.1 Å². The number of nitrogens with one attached hydrogen (secondary N) is 4. The highest BCUT2D eigenvalue weighted by molar-refractivity contribution is 6.13. The first-order chi connectivity index (χ1) is 40.5. The smallest absolute Gasteiger partial charge is 0.193 e. The first-order valence-corrected chi connectivity index (χ1v) is 26.5. The highest BCUT2D eigenvalue weighted by Crippen LogP contribution is 2.41. The average molecular weight is 1060 g/mol. The Hall–Kier alpha value is -11.9. The molecule has 16 bridgehead atoms. The predicted molar refractivity (Wildman–Crippen MR) is 316 cm³/mol. The Morgan fingerprint density at radius 2 is 0.415 bits per heavy atom. The number of H-pyrrole nitrogens is 4. The van der Waals surface area contributed by atoms with E-state index in [0.29, 0.717) is 125 Å². The number of hydrogen-bond donors (Lipinski definition) is 4. The molecular weight excluding hydrogens is 1020 g/mol. The third-order valence-electron chi connectivity index (χ3n) is 15.6. The van der Waals surface area contributed by atoms with Gasteiger partial charge in [-0.1, -0.05) is 158 Å². The third-order valence-corrected chi connectivity index (χ3v) is 15.6. The van der Waals surface area contributed by atoms with Crippen LogP contribution in [0, 0.1) is 0 Å². The van der Waals surface area contributed by atoms with Gasteiger partial charge >= 0.3 is 0 Å². The van der Waals surface area contributed by atoms with Crippen molar-refractivity contribution in [1.82, 2.24) is 79.7 Å². The van der Waals surface area contributed by atoms with Crippen LogP contribution in [0.4, 0.5) is 0 Å². The molecule has 82 heavy (non-hydrogen) atoms. The minimum atomic E-state index is -0.236. The van der Waals surface area contributed by atoms with Crippen LogP contribution in [0.25, 0.3) is 179 Å². The van der Waals surface area contributed by atoms with Gasteiger partial charge in [-0.2, -0.15) is 0 Å². The second-order valence-corrected chi connectivity index (χ2v) is 20.3. The van der Waals surface area contributed by atoms with E-state index in [1.54, 1.807) is 0 Å². The molecule has 6 aromatic heterocycles. The molecule has 0 amide bonds. The number of nitrogens with zero attached hydrogens (tertiary/aromatic N) is 12. The Morgan fingerprint density at radius 3 is 0.646 bits per heavy atom. The van der Waals surface area contributed by atoms with Gasteiger partial charge in [0.2, 0.25) is 0 Å². The Bertz CT molecular complexity index is 5240. The monoisotopic (exact) mass is 1050 g/mol. The zero-order chi connectivity index (χ0) is 53.7. The summed E-state index contributed by atoms with van der Waals surface area (Å²) in [6.07, 6.45) is 0. The maximum absolute atomic E-state index is 15.2. The molecule has 0 fully saturated rings. The van der Waals surface area contributed by atoms with Crippen molar-refractivity contribution in [3.05, 3.63) is 193 Å². The van der Waals surface area contributed by atoms with Crippen molar-refractivity contribution in [1.29, 1.82) is 0 Å². The van der Waals surface area contributed by atoms with E-state index >= 15 is 4.79 Å². The molecule has 0 aliphatic carbocycles. The number of aromatic nitrogens is 16. The number of aromatic amines is 4. The number of carbonyl (C=O) groups is 1. The van der Waals surface area contributed by atoms with Crippen LogP contribution in [-0.4, -0.2) is 85.5 Å². The van der Waals surface area contributed by atoms with E-state index in [0.717, 1.165) is 65.3 Å².